The second kappa shape index (κ2) is 5.50. The highest BCUT2D eigenvalue weighted by atomic mass is 32.2. The fourth-order valence-electron chi connectivity index (χ4n) is 1.98. The zero-order chi connectivity index (χ0) is 13.9. The lowest BCUT2D eigenvalue weighted by Crippen LogP contribution is -1.98. The first-order valence-electron chi connectivity index (χ1n) is 6.33. The summed E-state index contributed by atoms with van der Waals surface area (Å²) in [6, 6.07) is 8.50. The molecule has 0 saturated carbocycles. The molecule has 3 aromatic rings. The standard InChI is InChI=1S/C14H15N5S/c1-9-4-3-5-10(6-9)7-20-13-11-12(17-8-16-11)18-14(15-2)19-13/h3-6,8H,7H2,1-2H3,(H2,15,16,17,18,19). The lowest BCUT2D eigenvalue weighted by molar-refractivity contribution is 1.08. The van der Waals surface area contributed by atoms with E-state index in [1.54, 1.807) is 18.1 Å². The topological polar surface area (TPSA) is 66.5 Å². The maximum Gasteiger partial charge on any atom is 0.225 e. The molecule has 0 amide bonds. The second-order valence-corrected chi connectivity index (χ2v) is 5.45. The minimum absolute atomic E-state index is 0.594. The van der Waals surface area contributed by atoms with Crippen molar-refractivity contribution >= 4 is 28.9 Å². The van der Waals surface area contributed by atoms with Crippen LogP contribution in [0.15, 0.2) is 35.6 Å². The second-order valence-electron chi connectivity index (χ2n) is 4.48. The highest BCUT2D eigenvalue weighted by Gasteiger charge is 2.10. The first-order valence-corrected chi connectivity index (χ1v) is 7.32. The van der Waals surface area contributed by atoms with Gasteiger partial charge in [0.15, 0.2) is 5.65 Å². The smallest absolute Gasteiger partial charge is 0.225 e. The maximum atomic E-state index is 4.50. The third-order valence-corrected chi connectivity index (χ3v) is 3.98. The van der Waals surface area contributed by atoms with Gasteiger partial charge < -0.3 is 10.3 Å². The van der Waals surface area contributed by atoms with Gasteiger partial charge in [0.2, 0.25) is 5.95 Å². The number of hydrogen-bond acceptors (Lipinski definition) is 5. The first-order chi connectivity index (χ1) is 9.76. The molecule has 0 radical (unpaired) electrons. The van der Waals surface area contributed by atoms with E-state index in [0.717, 1.165) is 16.3 Å². The Labute approximate surface area is 121 Å². The Bertz CT molecular complexity index is 737. The summed E-state index contributed by atoms with van der Waals surface area (Å²) in [5.74, 6) is 1.46. The predicted molar refractivity (Wildman–Crippen MR) is 82.0 cm³/mol. The molecule has 0 aliphatic carbocycles. The fraction of sp³-hybridized carbons (Fsp3) is 0.214. The number of rotatable bonds is 4. The average Bonchev–Trinajstić information content (AvgIpc) is 2.93. The number of nitrogens with one attached hydrogen (secondary N) is 2. The molecule has 3 rings (SSSR count). The monoisotopic (exact) mass is 285 g/mol. The van der Waals surface area contributed by atoms with Gasteiger partial charge in [0.05, 0.1) is 6.33 Å². The third-order valence-electron chi connectivity index (χ3n) is 2.93. The van der Waals surface area contributed by atoms with E-state index in [1.165, 1.54) is 11.1 Å². The van der Waals surface area contributed by atoms with E-state index in [9.17, 15) is 0 Å². The van der Waals surface area contributed by atoms with Crippen molar-refractivity contribution in [3.05, 3.63) is 41.7 Å². The number of nitrogens with zero attached hydrogens (tertiary/aromatic N) is 3. The molecule has 0 fully saturated rings. The Hall–Kier alpha value is -2.08. The van der Waals surface area contributed by atoms with E-state index >= 15 is 0 Å². The summed E-state index contributed by atoms with van der Waals surface area (Å²) in [5, 5.41) is 3.88. The highest BCUT2D eigenvalue weighted by Crippen LogP contribution is 2.27. The van der Waals surface area contributed by atoms with Crippen LogP contribution < -0.4 is 5.32 Å². The Balaban J connectivity index is 1.88. The molecule has 0 aliphatic rings. The number of aryl methyl sites for hydroxylation is 1. The van der Waals surface area contributed by atoms with Gasteiger partial charge in [-0.05, 0) is 12.5 Å². The van der Waals surface area contributed by atoms with Crippen LogP contribution in [0.5, 0.6) is 0 Å². The van der Waals surface area contributed by atoms with Crippen LogP contribution in [0.1, 0.15) is 11.1 Å². The number of H-pyrrole nitrogens is 1. The van der Waals surface area contributed by atoms with Gasteiger partial charge in [-0.1, -0.05) is 41.6 Å². The lowest BCUT2D eigenvalue weighted by atomic mass is 10.2. The predicted octanol–water partition coefficient (Wildman–Crippen LogP) is 3.00. The minimum atomic E-state index is 0.594. The molecule has 0 saturated heterocycles. The molecule has 20 heavy (non-hydrogen) atoms. The van der Waals surface area contributed by atoms with Gasteiger partial charge in [-0.3, -0.25) is 0 Å². The largest absolute Gasteiger partial charge is 0.357 e. The van der Waals surface area contributed by atoms with E-state index in [4.69, 9.17) is 0 Å². The Morgan fingerprint density at radius 2 is 2.20 bits per heavy atom. The molecule has 6 heteroatoms. The Morgan fingerprint density at radius 3 is 3.00 bits per heavy atom. The van der Waals surface area contributed by atoms with Gasteiger partial charge in [0, 0.05) is 12.8 Å². The minimum Gasteiger partial charge on any atom is -0.357 e. The van der Waals surface area contributed by atoms with Crippen molar-refractivity contribution < 1.29 is 0 Å². The molecule has 5 nitrogen and oxygen atoms in total. The molecule has 0 bridgehead atoms. The van der Waals surface area contributed by atoms with Crippen LogP contribution in [0.2, 0.25) is 0 Å². The van der Waals surface area contributed by atoms with Crippen molar-refractivity contribution in [3.8, 4) is 0 Å². The van der Waals surface area contributed by atoms with Crippen LogP contribution in [0.4, 0.5) is 5.95 Å². The van der Waals surface area contributed by atoms with Gasteiger partial charge in [-0.15, -0.1) is 0 Å². The first kappa shape index (κ1) is 12.9. The number of fused-ring (bicyclic) bond motifs is 1. The zero-order valence-electron chi connectivity index (χ0n) is 11.3. The van der Waals surface area contributed by atoms with Gasteiger partial charge in [0.1, 0.15) is 10.5 Å². The summed E-state index contributed by atoms with van der Waals surface area (Å²) in [6.07, 6.45) is 1.65. The summed E-state index contributed by atoms with van der Waals surface area (Å²) in [4.78, 5) is 16.1. The van der Waals surface area contributed by atoms with Gasteiger partial charge >= 0.3 is 0 Å². The zero-order valence-corrected chi connectivity index (χ0v) is 12.2. The van der Waals surface area contributed by atoms with Crippen LogP contribution in [0, 0.1) is 6.92 Å². The van der Waals surface area contributed by atoms with Crippen LogP contribution in [0.25, 0.3) is 11.2 Å². The number of imidazole rings is 1. The molecule has 0 aliphatic heterocycles. The quantitative estimate of drug-likeness (QED) is 0.570. The van der Waals surface area contributed by atoms with Gasteiger partial charge in [-0.2, -0.15) is 4.98 Å². The molecular weight excluding hydrogens is 270 g/mol. The normalized spacial score (nSPS) is 10.9. The fourth-order valence-corrected chi connectivity index (χ4v) is 2.90. The van der Waals surface area contributed by atoms with E-state index in [2.05, 4.69) is 56.4 Å². The SMILES string of the molecule is CNc1nc(SCc2cccc(C)c2)c2[nH]cnc2n1. The molecule has 0 spiro atoms. The van der Waals surface area contributed by atoms with Crippen LogP contribution in [0.3, 0.4) is 0 Å². The number of thioether (sulfide) groups is 1. The van der Waals surface area contributed by atoms with Crippen molar-refractivity contribution in [1.29, 1.82) is 0 Å². The summed E-state index contributed by atoms with van der Waals surface area (Å²) >= 11 is 1.68. The van der Waals surface area contributed by atoms with Crippen molar-refractivity contribution in [2.75, 3.05) is 12.4 Å². The molecule has 102 valence electrons. The van der Waals surface area contributed by atoms with Crippen LogP contribution in [-0.2, 0) is 5.75 Å². The molecular formula is C14H15N5S. The number of benzene rings is 1. The molecule has 2 aromatic heterocycles. The number of hydrogen-bond donors (Lipinski definition) is 2. The van der Waals surface area contributed by atoms with Crippen LogP contribution in [-0.4, -0.2) is 27.0 Å². The summed E-state index contributed by atoms with van der Waals surface area (Å²) in [7, 11) is 1.81. The number of anilines is 1. The summed E-state index contributed by atoms with van der Waals surface area (Å²) in [5.41, 5.74) is 4.14. The van der Waals surface area contributed by atoms with E-state index in [1.807, 2.05) is 7.05 Å². The van der Waals surface area contributed by atoms with Crippen molar-refractivity contribution in [2.24, 2.45) is 0 Å². The van der Waals surface area contributed by atoms with Crippen molar-refractivity contribution in [1.82, 2.24) is 19.9 Å². The third kappa shape index (κ3) is 2.60. The molecule has 0 atom stereocenters. The van der Waals surface area contributed by atoms with Crippen molar-refractivity contribution in [3.63, 3.8) is 0 Å². The lowest BCUT2D eigenvalue weighted by Gasteiger charge is -2.05. The van der Waals surface area contributed by atoms with Gasteiger partial charge in [0.25, 0.3) is 0 Å². The van der Waals surface area contributed by atoms with E-state index < -0.39 is 0 Å². The average molecular weight is 285 g/mol. The Morgan fingerprint density at radius 1 is 1.30 bits per heavy atom. The molecule has 0 unspecified atom stereocenters. The maximum absolute atomic E-state index is 4.50. The molecule has 2 N–H and O–H groups in total. The van der Waals surface area contributed by atoms with Crippen LogP contribution >= 0.6 is 11.8 Å². The van der Waals surface area contributed by atoms with E-state index in [0.29, 0.717) is 11.6 Å². The molecule has 1 aromatic carbocycles. The Kier molecular flexibility index (Phi) is 3.56. The van der Waals surface area contributed by atoms with E-state index in [-0.39, 0.29) is 0 Å². The number of aromatic amines is 1. The highest BCUT2D eigenvalue weighted by molar-refractivity contribution is 7.98. The summed E-state index contributed by atoms with van der Waals surface area (Å²) < 4.78 is 0. The van der Waals surface area contributed by atoms with Crippen molar-refractivity contribution in [2.45, 2.75) is 17.7 Å². The summed E-state index contributed by atoms with van der Waals surface area (Å²) in [6.45, 7) is 2.10. The number of aromatic nitrogens is 4. The molecule has 2 heterocycles. The van der Waals surface area contributed by atoms with Gasteiger partial charge in [-0.25, -0.2) is 9.97 Å².